The summed E-state index contributed by atoms with van der Waals surface area (Å²) < 4.78 is 0. The Balaban J connectivity index is 1.86. The van der Waals surface area contributed by atoms with Gasteiger partial charge in [0.1, 0.15) is 0 Å². The van der Waals surface area contributed by atoms with Crippen molar-refractivity contribution in [2.75, 3.05) is 11.5 Å². The van der Waals surface area contributed by atoms with Crippen molar-refractivity contribution in [3.8, 4) is 22.5 Å². The smallest absolute Gasteiger partial charge is 0.0991 e. The lowest BCUT2D eigenvalue weighted by molar-refractivity contribution is 0.866. The monoisotopic (exact) mass is 368 g/mol. The second kappa shape index (κ2) is 7.58. The number of rotatable bonds is 4. The molecule has 4 N–H and O–H groups in total. The fourth-order valence-electron chi connectivity index (χ4n) is 2.87. The third-order valence-electron chi connectivity index (χ3n) is 4.26. The van der Waals surface area contributed by atoms with Crippen LogP contribution in [0.25, 0.3) is 34.7 Å². The molecular weight excluding hydrogens is 352 g/mol. The lowest BCUT2D eigenvalue weighted by Crippen LogP contribution is -2.01. The molecule has 0 atom stereocenters. The Morgan fingerprint density at radius 3 is 2.04 bits per heavy atom. The average molecular weight is 368 g/mol. The molecule has 4 aromatic rings. The Bertz CT molecular complexity index is 1130. The minimum Gasteiger partial charge on any atom is -0.398 e. The summed E-state index contributed by atoms with van der Waals surface area (Å²) >= 11 is 0. The first-order valence-electron chi connectivity index (χ1n) is 8.48. The number of para-hydroxylation sites is 1. The highest BCUT2D eigenvalue weighted by Gasteiger charge is 2.16. The summed E-state index contributed by atoms with van der Waals surface area (Å²) in [5.74, 6) is 0. The summed E-state index contributed by atoms with van der Waals surface area (Å²) in [7, 11) is 0. The molecule has 0 radical (unpaired) electrons. The Hall–Kier alpha value is -4.20. The normalized spacial score (nSPS) is 11.0. The van der Waals surface area contributed by atoms with Crippen LogP contribution in [0, 0.1) is 0 Å². The second-order valence-electron chi connectivity index (χ2n) is 5.97. The molecule has 2 aromatic heterocycles. The van der Waals surface area contributed by atoms with E-state index in [1.807, 2.05) is 48.6 Å². The van der Waals surface area contributed by atoms with Gasteiger partial charge in [-0.15, -0.1) is 20.4 Å². The molecule has 136 valence electrons. The molecule has 0 unspecified atom stereocenters. The van der Waals surface area contributed by atoms with E-state index >= 15 is 0 Å². The van der Waals surface area contributed by atoms with Crippen molar-refractivity contribution in [2.24, 2.45) is 0 Å². The molecule has 0 aliphatic carbocycles. The van der Waals surface area contributed by atoms with Crippen LogP contribution in [0.4, 0.5) is 11.4 Å². The number of nitrogens with zero attached hydrogens (tertiary/aromatic N) is 6. The quantitative estimate of drug-likeness (QED) is 0.415. The Morgan fingerprint density at radius 1 is 0.679 bits per heavy atom. The summed E-state index contributed by atoms with van der Waals surface area (Å²) in [5.41, 5.74) is 18.2. The van der Waals surface area contributed by atoms with Crippen LogP contribution in [0.15, 0.2) is 60.9 Å². The molecule has 0 aliphatic rings. The van der Waals surface area contributed by atoms with Gasteiger partial charge in [0.25, 0.3) is 0 Å². The van der Waals surface area contributed by atoms with Crippen LogP contribution in [-0.4, -0.2) is 30.8 Å². The highest BCUT2D eigenvalue weighted by molar-refractivity contribution is 5.94. The van der Waals surface area contributed by atoms with Gasteiger partial charge in [0.2, 0.25) is 0 Å². The molecule has 0 aliphatic heterocycles. The maximum Gasteiger partial charge on any atom is 0.0991 e. The van der Waals surface area contributed by atoms with Crippen LogP contribution in [0.1, 0.15) is 11.1 Å². The van der Waals surface area contributed by atoms with Crippen molar-refractivity contribution in [1.82, 2.24) is 30.8 Å². The minimum absolute atomic E-state index is 0.544. The maximum absolute atomic E-state index is 6.52. The number of nitrogen functional groups attached to an aromatic ring is 2. The number of hydrogen-bond donors (Lipinski definition) is 2. The van der Waals surface area contributed by atoms with Gasteiger partial charge in [0, 0.05) is 22.5 Å². The van der Waals surface area contributed by atoms with Gasteiger partial charge in [-0.2, -0.15) is 0 Å². The molecule has 0 saturated carbocycles. The van der Waals surface area contributed by atoms with Crippen molar-refractivity contribution >= 4 is 23.5 Å². The van der Waals surface area contributed by atoms with Gasteiger partial charge >= 0.3 is 0 Å². The summed E-state index contributed by atoms with van der Waals surface area (Å²) in [6, 6.07) is 15.0. The fraction of sp³-hybridized carbons (Fsp3) is 0. The second-order valence-corrected chi connectivity index (χ2v) is 5.97. The lowest BCUT2D eigenvalue weighted by Gasteiger charge is -2.13. The maximum atomic E-state index is 6.52. The highest BCUT2D eigenvalue weighted by atomic mass is 15.3. The zero-order chi connectivity index (χ0) is 19.3. The molecule has 8 nitrogen and oxygen atoms in total. The van der Waals surface area contributed by atoms with E-state index < -0.39 is 0 Å². The molecular formula is C20H16N8. The van der Waals surface area contributed by atoms with Crippen molar-refractivity contribution in [2.45, 2.75) is 0 Å². The van der Waals surface area contributed by atoms with Crippen LogP contribution < -0.4 is 11.5 Å². The van der Waals surface area contributed by atoms with Crippen LogP contribution in [0.2, 0.25) is 0 Å². The van der Waals surface area contributed by atoms with Crippen molar-refractivity contribution in [3.05, 3.63) is 72.1 Å². The first-order valence-corrected chi connectivity index (χ1v) is 8.48. The van der Waals surface area contributed by atoms with Gasteiger partial charge < -0.3 is 11.5 Å². The summed E-state index contributed by atoms with van der Waals surface area (Å²) in [6.45, 7) is 0. The first kappa shape index (κ1) is 17.2. The minimum atomic E-state index is 0.544. The molecule has 2 heterocycles. The van der Waals surface area contributed by atoms with E-state index in [9.17, 15) is 0 Å². The zero-order valence-electron chi connectivity index (χ0n) is 14.8. The molecule has 0 spiro atoms. The van der Waals surface area contributed by atoms with Crippen LogP contribution in [-0.2, 0) is 0 Å². The van der Waals surface area contributed by atoms with Crippen molar-refractivity contribution in [1.29, 1.82) is 0 Å². The molecule has 0 fully saturated rings. The largest absolute Gasteiger partial charge is 0.398 e. The number of hydrogen-bond acceptors (Lipinski definition) is 8. The zero-order valence-corrected chi connectivity index (χ0v) is 14.8. The number of nitrogens with two attached hydrogens (primary N) is 2. The standard InChI is InChI=1S/C20H16N8/c21-16-4-2-1-3-13(16)5-6-14-7-8-15(17-9-11-23-27-25-17)19(20(14)22)18-10-12-24-28-26-18/h1-12H,21-22H2. The third kappa shape index (κ3) is 3.38. The average Bonchev–Trinajstić information content (AvgIpc) is 2.75. The van der Waals surface area contributed by atoms with Crippen molar-refractivity contribution in [3.63, 3.8) is 0 Å². The van der Waals surface area contributed by atoms with Crippen LogP contribution in [0.3, 0.4) is 0 Å². The lowest BCUT2D eigenvalue weighted by atomic mass is 9.95. The van der Waals surface area contributed by atoms with Gasteiger partial charge in [-0.3, -0.25) is 0 Å². The van der Waals surface area contributed by atoms with Gasteiger partial charge in [0.15, 0.2) is 0 Å². The van der Waals surface area contributed by atoms with Gasteiger partial charge in [0.05, 0.1) is 23.8 Å². The summed E-state index contributed by atoms with van der Waals surface area (Å²) in [6.07, 6.45) is 6.99. The first-order chi connectivity index (χ1) is 13.7. The van der Waals surface area contributed by atoms with Crippen molar-refractivity contribution < 1.29 is 0 Å². The van der Waals surface area contributed by atoms with E-state index in [-0.39, 0.29) is 0 Å². The predicted molar refractivity (Wildman–Crippen MR) is 108 cm³/mol. The number of aromatic nitrogens is 6. The Labute approximate surface area is 161 Å². The Kier molecular flexibility index (Phi) is 4.67. The molecule has 0 amide bonds. The fourth-order valence-corrected chi connectivity index (χ4v) is 2.87. The molecule has 28 heavy (non-hydrogen) atoms. The van der Waals surface area contributed by atoms with Gasteiger partial charge in [-0.1, -0.05) is 42.5 Å². The number of anilines is 2. The summed E-state index contributed by atoms with van der Waals surface area (Å²) in [5, 5.41) is 23.1. The topological polar surface area (TPSA) is 129 Å². The van der Waals surface area contributed by atoms with E-state index in [0.717, 1.165) is 16.7 Å². The number of benzene rings is 2. The van der Waals surface area contributed by atoms with E-state index in [2.05, 4.69) is 30.8 Å². The van der Waals surface area contributed by atoms with E-state index in [1.165, 1.54) is 0 Å². The van der Waals surface area contributed by atoms with E-state index in [4.69, 9.17) is 11.5 Å². The molecule has 2 aromatic carbocycles. The molecule has 4 rings (SSSR count). The SMILES string of the molecule is Nc1ccccc1C=Cc1ccc(-c2ccnnn2)c(-c2ccnnn2)c1N. The molecule has 0 bridgehead atoms. The summed E-state index contributed by atoms with van der Waals surface area (Å²) in [4.78, 5) is 0. The molecule has 0 saturated heterocycles. The van der Waals surface area contributed by atoms with Gasteiger partial charge in [-0.25, -0.2) is 0 Å². The molecule has 8 heteroatoms. The van der Waals surface area contributed by atoms with Crippen LogP contribution in [0.5, 0.6) is 0 Å². The van der Waals surface area contributed by atoms with Gasteiger partial charge in [-0.05, 0) is 39.8 Å². The van der Waals surface area contributed by atoms with Crippen LogP contribution >= 0.6 is 0 Å². The predicted octanol–water partition coefficient (Wildman–Crippen LogP) is 2.73. The highest BCUT2D eigenvalue weighted by Crippen LogP contribution is 2.37. The van der Waals surface area contributed by atoms with E-state index in [1.54, 1.807) is 24.5 Å². The van der Waals surface area contributed by atoms with E-state index in [0.29, 0.717) is 28.3 Å². The Morgan fingerprint density at radius 2 is 1.36 bits per heavy atom. The third-order valence-corrected chi connectivity index (χ3v) is 4.26.